The normalized spacial score (nSPS) is 16.8. The van der Waals surface area contributed by atoms with Gasteiger partial charge in [0.1, 0.15) is 0 Å². The highest BCUT2D eigenvalue weighted by Crippen LogP contribution is 2.35. The molecule has 4 rings (SSSR count). The van der Waals surface area contributed by atoms with Gasteiger partial charge in [-0.25, -0.2) is 15.0 Å². The van der Waals surface area contributed by atoms with Gasteiger partial charge in [-0.3, -0.25) is 0 Å². The molecule has 124 valence electrons. The van der Waals surface area contributed by atoms with Gasteiger partial charge < -0.3 is 0 Å². The second-order valence-electron chi connectivity index (χ2n) is 5.73. The van der Waals surface area contributed by atoms with Crippen molar-refractivity contribution < 1.29 is 0 Å². The highest BCUT2D eigenvalue weighted by Gasteiger charge is 2.31. The van der Waals surface area contributed by atoms with E-state index in [4.69, 9.17) is 5.10 Å². The Morgan fingerprint density at radius 2 is 1.52 bits per heavy atom. The molecule has 0 saturated carbocycles. The zero-order valence-electron chi connectivity index (χ0n) is 13.2. The van der Waals surface area contributed by atoms with Crippen LogP contribution in [0.3, 0.4) is 0 Å². The topological polar surface area (TPSA) is 41.4 Å². The predicted octanol–water partition coefficient (Wildman–Crippen LogP) is 5.36. The lowest BCUT2D eigenvalue weighted by molar-refractivity contribution is 0.686. The summed E-state index contributed by atoms with van der Waals surface area (Å²) in [5.41, 5.74) is 3.36. The van der Waals surface area contributed by atoms with E-state index in [0.717, 1.165) is 26.6 Å². The number of halogens is 2. The molecule has 3 aromatic rings. The number of benzene rings is 2. The molecule has 0 aliphatic carbocycles. The Kier molecular flexibility index (Phi) is 4.63. The van der Waals surface area contributed by atoms with E-state index in [9.17, 15) is 0 Å². The van der Waals surface area contributed by atoms with Gasteiger partial charge in [0.05, 0.1) is 16.2 Å². The van der Waals surface area contributed by atoms with E-state index >= 15 is 0 Å². The minimum Gasteiger partial charge on any atom is -0.223 e. The molecular formula is C19H14Br2N4. The molecule has 1 aliphatic rings. The molecule has 0 radical (unpaired) electrons. The van der Waals surface area contributed by atoms with E-state index in [2.05, 4.69) is 78.2 Å². The van der Waals surface area contributed by atoms with Gasteiger partial charge in [0.25, 0.3) is 0 Å². The highest BCUT2D eigenvalue weighted by atomic mass is 79.9. The molecule has 1 aliphatic heterocycles. The maximum Gasteiger partial charge on any atom is 0.246 e. The number of nitrogens with zero attached hydrogens (tertiary/aromatic N) is 4. The smallest absolute Gasteiger partial charge is 0.223 e. The summed E-state index contributed by atoms with van der Waals surface area (Å²) < 4.78 is 1.91. The number of hydrogen-bond donors (Lipinski definition) is 0. The average molecular weight is 458 g/mol. The van der Waals surface area contributed by atoms with E-state index < -0.39 is 0 Å². The van der Waals surface area contributed by atoms with Gasteiger partial charge in [-0.2, -0.15) is 5.10 Å². The molecule has 2 aromatic carbocycles. The Morgan fingerprint density at radius 1 is 0.840 bits per heavy atom. The largest absolute Gasteiger partial charge is 0.246 e. The van der Waals surface area contributed by atoms with Crippen molar-refractivity contribution in [2.75, 3.05) is 5.01 Å². The summed E-state index contributed by atoms with van der Waals surface area (Å²) in [4.78, 5) is 8.87. The molecule has 0 spiro atoms. The molecule has 0 N–H and O–H groups in total. The Balaban J connectivity index is 1.74. The first-order valence-electron chi connectivity index (χ1n) is 7.86. The van der Waals surface area contributed by atoms with Crippen LogP contribution in [-0.4, -0.2) is 15.7 Å². The number of anilines is 1. The summed E-state index contributed by atoms with van der Waals surface area (Å²) in [5, 5.41) is 6.75. The maximum atomic E-state index is 4.84. The Labute approximate surface area is 162 Å². The van der Waals surface area contributed by atoms with Gasteiger partial charge in [-0.05, 0) is 39.2 Å². The molecule has 6 heteroatoms. The summed E-state index contributed by atoms with van der Waals surface area (Å²) in [6, 6.07) is 18.7. The number of hydrazone groups is 1. The quantitative estimate of drug-likeness (QED) is 0.531. The number of rotatable bonds is 3. The molecule has 0 fully saturated rings. The average Bonchev–Trinajstić information content (AvgIpc) is 3.09. The van der Waals surface area contributed by atoms with Gasteiger partial charge in [-0.1, -0.05) is 58.4 Å². The lowest BCUT2D eigenvalue weighted by atomic mass is 9.99. The SMILES string of the molecule is Brc1ccc([C@H]2CC(c3ccccc3)=NN2c2ncc(Br)cn2)cc1. The first-order valence-corrected chi connectivity index (χ1v) is 9.44. The zero-order valence-corrected chi connectivity index (χ0v) is 16.4. The van der Waals surface area contributed by atoms with Crippen LogP contribution in [-0.2, 0) is 0 Å². The van der Waals surface area contributed by atoms with Crippen LogP contribution in [0.15, 0.2) is 81.0 Å². The summed E-state index contributed by atoms with van der Waals surface area (Å²) in [6.45, 7) is 0. The van der Waals surface area contributed by atoms with E-state index in [1.165, 1.54) is 5.56 Å². The minimum absolute atomic E-state index is 0.0736. The van der Waals surface area contributed by atoms with Crippen LogP contribution in [0.2, 0.25) is 0 Å². The van der Waals surface area contributed by atoms with Crippen molar-refractivity contribution in [3.05, 3.63) is 87.1 Å². The van der Waals surface area contributed by atoms with Crippen LogP contribution in [0.4, 0.5) is 5.95 Å². The van der Waals surface area contributed by atoms with Crippen LogP contribution in [0.25, 0.3) is 0 Å². The predicted molar refractivity (Wildman–Crippen MR) is 107 cm³/mol. The second-order valence-corrected chi connectivity index (χ2v) is 7.56. The van der Waals surface area contributed by atoms with Crippen LogP contribution < -0.4 is 5.01 Å². The van der Waals surface area contributed by atoms with Crippen LogP contribution in [0, 0.1) is 0 Å². The van der Waals surface area contributed by atoms with Crippen LogP contribution in [0.5, 0.6) is 0 Å². The third kappa shape index (κ3) is 3.50. The zero-order chi connectivity index (χ0) is 17.2. The van der Waals surface area contributed by atoms with Crippen LogP contribution >= 0.6 is 31.9 Å². The Bertz CT molecular complexity index is 893. The first-order chi connectivity index (χ1) is 12.2. The van der Waals surface area contributed by atoms with Gasteiger partial charge in [-0.15, -0.1) is 0 Å². The molecule has 1 aromatic heterocycles. The van der Waals surface area contributed by atoms with Gasteiger partial charge in [0.15, 0.2) is 0 Å². The lowest BCUT2D eigenvalue weighted by Crippen LogP contribution is -2.20. The molecule has 0 saturated heterocycles. The number of aromatic nitrogens is 2. The van der Waals surface area contributed by atoms with Crippen molar-refractivity contribution in [1.82, 2.24) is 9.97 Å². The Hall–Kier alpha value is -2.05. The van der Waals surface area contributed by atoms with Crippen molar-refractivity contribution >= 4 is 43.5 Å². The van der Waals surface area contributed by atoms with Crippen molar-refractivity contribution in [2.45, 2.75) is 12.5 Å². The summed E-state index contributed by atoms with van der Waals surface area (Å²) in [7, 11) is 0. The van der Waals surface area contributed by atoms with Crippen molar-refractivity contribution in [3.63, 3.8) is 0 Å². The maximum absolute atomic E-state index is 4.84. The number of hydrogen-bond acceptors (Lipinski definition) is 4. The molecule has 0 amide bonds. The molecule has 25 heavy (non-hydrogen) atoms. The van der Waals surface area contributed by atoms with E-state index in [1.54, 1.807) is 12.4 Å². The van der Waals surface area contributed by atoms with Gasteiger partial charge >= 0.3 is 0 Å². The monoisotopic (exact) mass is 456 g/mol. The van der Waals surface area contributed by atoms with Crippen molar-refractivity contribution in [3.8, 4) is 0 Å². The third-order valence-electron chi connectivity index (χ3n) is 4.08. The first kappa shape index (κ1) is 16.4. The fourth-order valence-corrected chi connectivity index (χ4v) is 3.34. The highest BCUT2D eigenvalue weighted by molar-refractivity contribution is 9.10. The van der Waals surface area contributed by atoms with Crippen LogP contribution in [0.1, 0.15) is 23.6 Å². The molecule has 4 nitrogen and oxygen atoms in total. The summed E-state index contributed by atoms with van der Waals surface area (Å²) >= 11 is 6.88. The molecule has 1 atom stereocenters. The van der Waals surface area contributed by atoms with E-state index in [0.29, 0.717) is 5.95 Å². The fourth-order valence-electron chi connectivity index (χ4n) is 2.87. The summed E-state index contributed by atoms with van der Waals surface area (Å²) in [5.74, 6) is 0.599. The molecule has 2 heterocycles. The van der Waals surface area contributed by atoms with Crippen molar-refractivity contribution in [1.29, 1.82) is 0 Å². The molecular weight excluding hydrogens is 444 g/mol. The van der Waals surface area contributed by atoms with E-state index in [-0.39, 0.29) is 6.04 Å². The van der Waals surface area contributed by atoms with Gasteiger partial charge in [0, 0.05) is 23.3 Å². The fraction of sp³-hybridized carbons (Fsp3) is 0.105. The van der Waals surface area contributed by atoms with Gasteiger partial charge in [0.2, 0.25) is 5.95 Å². The van der Waals surface area contributed by atoms with Crippen molar-refractivity contribution in [2.24, 2.45) is 5.10 Å². The molecule has 0 unspecified atom stereocenters. The molecule has 0 bridgehead atoms. The standard InChI is InChI=1S/C19H14Br2N4/c20-15-8-6-14(7-9-15)18-10-17(13-4-2-1-3-5-13)24-25(18)19-22-11-16(21)12-23-19/h1-9,11-12,18H,10H2/t18-/m1/s1. The second kappa shape index (κ2) is 7.06. The summed E-state index contributed by atoms with van der Waals surface area (Å²) in [6.07, 6.45) is 4.30. The lowest BCUT2D eigenvalue weighted by Gasteiger charge is -2.21. The van der Waals surface area contributed by atoms with E-state index in [1.807, 2.05) is 23.2 Å². The third-order valence-corrected chi connectivity index (χ3v) is 5.02. The minimum atomic E-state index is 0.0736. The Morgan fingerprint density at radius 3 is 2.20 bits per heavy atom.